The van der Waals surface area contributed by atoms with E-state index in [4.69, 9.17) is 22.7 Å². The molecule has 0 bridgehead atoms. The number of hydrogen-bond donors (Lipinski definition) is 2. The fourth-order valence-electron chi connectivity index (χ4n) is 2.03. The van der Waals surface area contributed by atoms with Crippen molar-refractivity contribution in [3.05, 3.63) is 29.8 Å². The number of rotatable bonds is 8. The maximum absolute atomic E-state index is 12.1. The molecule has 1 rings (SSSR count). The Morgan fingerprint density at radius 2 is 2.05 bits per heavy atom. The molecule has 0 aliphatic heterocycles. The lowest BCUT2D eigenvalue weighted by atomic mass is 10.2. The number of benzene rings is 1. The average Bonchev–Trinajstić information content (AvgIpc) is 2.45. The zero-order valence-corrected chi connectivity index (χ0v) is 13.6. The molecule has 0 spiro atoms. The van der Waals surface area contributed by atoms with E-state index in [9.17, 15) is 4.79 Å². The molecule has 0 fully saturated rings. The van der Waals surface area contributed by atoms with E-state index in [1.54, 1.807) is 31.4 Å². The first-order valence-electron chi connectivity index (χ1n) is 6.90. The number of thiocarbonyl (C=S) groups is 1. The van der Waals surface area contributed by atoms with Crippen molar-refractivity contribution in [1.82, 2.24) is 4.90 Å². The summed E-state index contributed by atoms with van der Waals surface area (Å²) in [4.78, 5) is 14.5. The highest BCUT2D eigenvalue weighted by atomic mass is 32.1. The summed E-state index contributed by atoms with van der Waals surface area (Å²) in [6, 6.07) is 7.37. The van der Waals surface area contributed by atoms with Gasteiger partial charge >= 0.3 is 0 Å². The molecule has 1 atom stereocenters. The number of methoxy groups -OCH3 is 1. The minimum absolute atomic E-state index is 0.0529. The molecule has 0 aliphatic carbocycles. The second-order valence-electron chi connectivity index (χ2n) is 4.86. The molecule has 5 nitrogen and oxygen atoms in total. The highest BCUT2D eigenvalue weighted by molar-refractivity contribution is 7.80. The number of anilines is 1. The molecule has 0 heterocycles. The zero-order valence-electron chi connectivity index (χ0n) is 12.8. The van der Waals surface area contributed by atoms with Gasteiger partial charge in [-0.25, -0.2) is 0 Å². The van der Waals surface area contributed by atoms with Gasteiger partial charge in [0.25, 0.3) is 0 Å². The van der Waals surface area contributed by atoms with E-state index in [1.807, 2.05) is 13.8 Å². The summed E-state index contributed by atoms with van der Waals surface area (Å²) >= 11 is 4.89. The minimum Gasteiger partial charge on any atom is -0.389 e. The summed E-state index contributed by atoms with van der Waals surface area (Å²) < 4.78 is 5.12. The van der Waals surface area contributed by atoms with Crippen LogP contribution in [0.4, 0.5) is 5.69 Å². The summed E-state index contributed by atoms with van der Waals surface area (Å²) in [6.07, 6.45) is 0. The quantitative estimate of drug-likeness (QED) is 0.714. The van der Waals surface area contributed by atoms with Crippen molar-refractivity contribution in [3.63, 3.8) is 0 Å². The first-order chi connectivity index (χ1) is 9.97. The first-order valence-corrected chi connectivity index (χ1v) is 7.31. The zero-order chi connectivity index (χ0) is 15.8. The van der Waals surface area contributed by atoms with Crippen LogP contribution < -0.4 is 11.1 Å². The van der Waals surface area contributed by atoms with Gasteiger partial charge < -0.3 is 15.8 Å². The first kappa shape index (κ1) is 17.6. The summed E-state index contributed by atoms with van der Waals surface area (Å²) in [6.45, 7) is 5.79. The molecule has 116 valence electrons. The second kappa shape index (κ2) is 8.71. The Morgan fingerprint density at radius 3 is 2.52 bits per heavy atom. The predicted octanol–water partition coefficient (Wildman–Crippen LogP) is 1.62. The van der Waals surface area contributed by atoms with E-state index in [1.165, 1.54) is 0 Å². The van der Waals surface area contributed by atoms with Crippen molar-refractivity contribution in [3.8, 4) is 0 Å². The fraction of sp³-hybridized carbons (Fsp3) is 0.467. The summed E-state index contributed by atoms with van der Waals surface area (Å²) in [7, 11) is 1.66. The van der Waals surface area contributed by atoms with Crippen LogP contribution in [0.25, 0.3) is 0 Å². The number of nitrogens with one attached hydrogen (secondary N) is 1. The third-order valence-electron chi connectivity index (χ3n) is 3.24. The predicted molar refractivity (Wildman–Crippen MR) is 89.5 cm³/mol. The maximum atomic E-state index is 12.1. The third kappa shape index (κ3) is 5.79. The number of ether oxygens (including phenoxy) is 1. The van der Waals surface area contributed by atoms with Crippen molar-refractivity contribution < 1.29 is 9.53 Å². The Morgan fingerprint density at radius 1 is 1.43 bits per heavy atom. The molecule has 6 heteroatoms. The number of nitrogens with zero attached hydrogens (tertiary/aromatic N) is 1. The smallest absolute Gasteiger partial charge is 0.238 e. The topological polar surface area (TPSA) is 67.6 Å². The van der Waals surface area contributed by atoms with Crippen molar-refractivity contribution in [2.24, 2.45) is 5.73 Å². The molecule has 3 N–H and O–H groups in total. The number of amides is 1. The molecular formula is C15H23N3O2S. The lowest BCUT2D eigenvalue weighted by molar-refractivity contribution is -0.118. The van der Waals surface area contributed by atoms with Crippen LogP contribution in [0.1, 0.15) is 19.4 Å². The molecule has 1 aromatic rings. The summed E-state index contributed by atoms with van der Waals surface area (Å²) in [5.74, 6) is -0.0529. The van der Waals surface area contributed by atoms with Gasteiger partial charge in [0, 0.05) is 24.4 Å². The maximum Gasteiger partial charge on any atom is 0.238 e. The lowest BCUT2D eigenvalue weighted by Gasteiger charge is -2.26. The Kier molecular flexibility index (Phi) is 7.28. The molecule has 0 saturated carbocycles. The van der Waals surface area contributed by atoms with Crippen LogP contribution in [0.5, 0.6) is 0 Å². The SMILES string of the molecule is CCN(CC(=O)Nc1ccc(C(N)=S)cc1)C(C)COC. The minimum atomic E-state index is -0.0529. The molecule has 0 aliphatic rings. The van der Waals surface area contributed by atoms with Crippen LogP contribution in [0.2, 0.25) is 0 Å². The van der Waals surface area contributed by atoms with Gasteiger partial charge in [-0.15, -0.1) is 0 Å². The molecule has 1 unspecified atom stereocenters. The van der Waals surface area contributed by atoms with E-state index in [0.29, 0.717) is 18.1 Å². The van der Waals surface area contributed by atoms with Crippen LogP contribution in [-0.4, -0.2) is 48.6 Å². The molecule has 0 radical (unpaired) electrons. The van der Waals surface area contributed by atoms with Crippen LogP contribution in [0.15, 0.2) is 24.3 Å². The lowest BCUT2D eigenvalue weighted by Crippen LogP contribution is -2.41. The van der Waals surface area contributed by atoms with Gasteiger partial charge in [0.2, 0.25) is 5.91 Å². The number of carbonyl (C=O) groups is 1. The number of hydrogen-bond acceptors (Lipinski definition) is 4. The molecule has 1 amide bonds. The normalized spacial score (nSPS) is 12.2. The van der Waals surface area contributed by atoms with Gasteiger partial charge in [0.1, 0.15) is 4.99 Å². The molecular weight excluding hydrogens is 286 g/mol. The van der Waals surface area contributed by atoms with Gasteiger partial charge in [-0.1, -0.05) is 19.1 Å². The molecule has 0 aromatic heterocycles. The third-order valence-corrected chi connectivity index (χ3v) is 3.47. The molecule has 0 saturated heterocycles. The van der Waals surface area contributed by atoms with Gasteiger partial charge in [-0.3, -0.25) is 9.69 Å². The summed E-state index contributed by atoms with van der Waals surface area (Å²) in [5, 5.41) is 2.86. The standard InChI is InChI=1S/C15H23N3O2S/c1-4-18(11(2)10-20-3)9-14(19)17-13-7-5-12(6-8-13)15(16)21/h5-8,11H,4,9-10H2,1-3H3,(H2,16,21)(H,17,19). The van der Waals surface area contributed by atoms with Gasteiger partial charge in [0.05, 0.1) is 13.2 Å². The van der Waals surface area contributed by atoms with Crippen LogP contribution in [0.3, 0.4) is 0 Å². The van der Waals surface area contributed by atoms with Crippen LogP contribution in [-0.2, 0) is 9.53 Å². The average molecular weight is 309 g/mol. The van der Waals surface area contributed by atoms with Gasteiger partial charge in [0.15, 0.2) is 0 Å². The fourth-order valence-corrected chi connectivity index (χ4v) is 2.16. The number of nitrogens with two attached hydrogens (primary N) is 1. The van der Waals surface area contributed by atoms with Crippen LogP contribution in [0, 0.1) is 0 Å². The number of carbonyl (C=O) groups excluding carboxylic acids is 1. The Labute approximate surface area is 131 Å². The summed E-state index contributed by atoms with van der Waals surface area (Å²) in [5.41, 5.74) is 7.05. The van der Waals surface area contributed by atoms with Crippen molar-refractivity contribution in [2.75, 3.05) is 32.1 Å². The highest BCUT2D eigenvalue weighted by Gasteiger charge is 2.15. The van der Waals surface area contributed by atoms with Gasteiger partial charge in [-0.2, -0.15) is 0 Å². The van der Waals surface area contributed by atoms with E-state index >= 15 is 0 Å². The van der Waals surface area contributed by atoms with Crippen molar-refractivity contribution in [2.45, 2.75) is 19.9 Å². The Bertz CT molecular complexity index is 476. The van der Waals surface area contributed by atoms with Gasteiger partial charge in [-0.05, 0) is 37.7 Å². The van der Waals surface area contributed by atoms with Crippen molar-refractivity contribution in [1.29, 1.82) is 0 Å². The largest absolute Gasteiger partial charge is 0.389 e. The van der Waals surface area contributed by atoms with E-state index in [0.717, 1.165) is 17.8 Å². The Hall–Kier alpha value is -1.50. The monoisotopic (exact) mass is 309 g/mol. The van der Waals surface area contributed by atoms with E-state index < -0.39 is 0 Å². The van der Waals surface area contributed by atoms with E-state index in [-0.39, 0.29) is 11.9 Å². The number of likely N-dealkylation sites (N-methyl/N-ethyl adjacent to an activating group) is 1. The Balaban J connectivity index is 2.57. The molecule has 1 aromatic carbocycles. The van der Waals surface area contributed by atoms with E-state index in [2.05, 4.69) is 10.2 Å². The van der Waals surface area contributed by atoms with Crippen LogP contribution >= 0.6 is 12.2 Å². The van der Waals surface area contributed by atoms with Crippen molar-refractivity contribution >= 4 is 28.8 Å². The molecule has 21 heavy (non-hydrogen) atoms. The second-order valence-corrected chi connectivity index (χ2v) is 5.30. The highest BCUT2D eigenvalue weighted by Crippen LogP contribution is 2.10.